The maximum atomic E-state index is 12.5. The third kappa shape index (κ3) is 4.07. The average molecular weight is 341 g/mol. The molecule has 1 aromatic carbocycles. The van der Waals surface area contributed by atoms with Gasteiger partial charge in [-0.2, -0.15) is 0 Å². The van der Waals surface area contributed by atoms with Crippen LogP contribution in [0.5, 0.6) is 0 Å². The first-order chi connectivity index (χ1) is 10.1. The molecule has 1 atom stereocenters. The zero-order valence-electron chi connectivity index (χ0n) is 11.9. The zero-order valence-corrected chi connectivity index (χ0v) is 13.6. The Kier molecular flexibility index (Phi) is 6.55. The van der Waals surface area contributed by atoms with E-state index in [4.69, 9.17) is 5.73 Å². The molecule has 0 saturated carbocycles. The van der Waals surface area contributed by atoms with Crippen molar-refractivity contribution in [1.29, 1.82) is 0 Å². The summed E-state index contributed by atoms with van der Waals surface area (Å²) in [6, 6.07) is 12.5. The molecule has 5 nitrogen and oxygen atoms in total. The molecule has 7 heteroatoms. The minimum Gasteiger partial charge on any atom is -0.466 e. The second kappa shape index (κ2) is 7.93. The number of nitrogens with two attached hydrogens (primary N) is 1. The minimum absolute atomic E-state index is 0. The van der Waals surface area contributed by atoms with Crippen LogP contribution in [0.1, 0.15) is 4.88 Å². The summed E-state index contributed by atoms with van der Waals surface area (Å²) >= 11 is 1.44. The Morgan fingerprint density at radius 3 is 2.45 bits per heavy atom. The van der Waals surface area contributed by atoms with Crippen molar-refractivity contribution in [2.45, 2.75) is 12.1 Å². The van der Waals surface area contributed by atoms with Gasteiger partial charge in [0.1, 0.15) is 0 Å². The molecule has 0 aliphatic carbocycles. The van der Waals surface area contributed by atoms with Crippen LogP contribution in [0.4, 0.5) is 5.69 Å². The lowest BCUT2D eigenvalue weighted by Gasteiger charge is -2.27. The molecule has 0 unspecified atom stereocenters. The lowest BCUT2D eigenvalue weighted by Crippen LogP contribution is -2.62. The Labute approximate surface area is 138 Å². The summed E-state index contributed by atoms with van der Waals surface area (Å²) in [4.78, 5) is 25.3. The fraction of sp³-hybridized carbons (Fsp3) is 0.200. The second-order valence-electron chi connectivity index (χ2n) is 4.47. The smallest absolute Gasteiger partial charge is 0.354 e. The molecule has 1 heterocycles. The molecule has 118 valence electrons. The van der Waals surface area contributed by atoms with E-state index in [0.29, 0.717) is 5.69 Å². The van der Waals surface area contributed by atoms with Gasteiger partial charge < -0.3 is 10.1 Å². The van der Waals surface area contributed by atoms with Crippen LogP contribution in [-0.4, -0.2) is 24.5 Å². The number of methoxy groups -OCH3 is 1. The Bertz CT molecular complexity index is 619. The molecule has 2 aromatic rings. The van der Waals surface area contributed by atoms with Gasteiger partial charge in [-0.15, -0.1) is 23.7 Å². The number of rotatable bonds is 6. The first-order valence-electron chi connectivity index (χ1n) is 6.32. The van der Waals surface area contributed by atoms with Gasteiger partial charge in [-0.1, -0.05) is 24.3 Å². The number of carbonyl (C=O) groups is 2. The molecule has 0 fully saturated rings. The van der Waals surface area contributed by atoms with Crippen LogP contribution in [-0.2, 0) is 20.7 Å². The highest BCUT2D eigenvalue weighted by Crippen LogP contribution is 2.18. The highest BCUT2D eigenvalue weighted by molar-refractivity contribution is 7.10. The molecule has 3 N–H and O–H groups in total. The highest BCUT2D eigenvalue weighted by Gasteiger charge is 2.43. The number of benzene rings is 1. The summed E-state index contributed by atoms with van der Waals surface area (Å²) in [6.07, 6.45) is 0.0725. The lowest BCUT2D eigenvalue weighted by atomic mass is 10.0. The van der Waals surface area contributed by atoms with Gasteiger partial charge in [0.2, 0.25) is 5.66 Å². The summed E-state index contributed by atoms with van der Waals surface area (Å²) < 4.78 is 4.68. The molecule has 22 heavy (non-hydrogen) atoms. The third-order valence-corrected chi connectivity index (χ3v) is 3.85. The molecule has 0 aliphatic rings. The maximum Gasteiger partial charge on any atom is 0.354 e. The number of ether oxygens (including phenoxy) is 1. The topological polar surface area (TPSA) is 81.4 Å². The molecule has 0 saturated heterocycles. The normalized spacial score (nSPS) is 12.6. The number of thiophene rings is 1. The van der Waals surface area contributed by atoms with Gasteiger partial charge in [0.05, 0.1) is 7.11 Å². The highest BCUT2D eigenvalue weighted by atomic mass is 35.5. The van der Waals surface area contributed by atoms with Crippen LogP contribution in [0, 0.1) is 0 Å². The molecule has 0 aliphatic heterocycles. The van der Waals surface area contributed by atoms with Crippen LogP contribution in [0.25, 0.3) is 0 Å². The lowest BCUT2D eigenvalue weighted by molar-refractivity contribution is -0.149. The van der Waals surface area contributed by atoms with E-state index >= 15 is 0 Å². The number of hydrogen-bond acceptors (Lipinski definition) is 6. The van der Waals surface area contributed by atoms with Crippen molar-refractivity contribution in [2.24, 2.45) is 5.73 Å². The Balaban J connectivity index is 0.00000242. The van der Waals surface area contributed by atoms with Gasteiger partial charge in [-0.3, -0.25) is 10.5 Å². The van der Waals surface area contributed by atoms with Crippen molar-refractivity contribution in [3.63, 3.8) is 0 Å². The van der Waals surface area contributed by atoms with Crippen LogP contribution in [0.15, 0.2) is 47.8 Å². The summed E-state index contributed by atoms with van der Waals surface area (Å²) in [5.74, 6) is -1.26. The summed E-state index contributed by atoms with van der Waals surface area (Å²) in [5, 5.41) is 4.64. The van der Waals surface area contributed by atoms with Gasteiger partial charge >= 0.3 is 5.97 Å². The van der Waals surface area contributed by atoms with Gasteiger partial charge in [-0.25, -0.2) is 4.79 Å². The SMILES string of the molecule is COC(=O)[C@@](N)(Nc1ccccc1)C(=O)Cc1cccs1.Cl. The van der Waals surface area contributed by atoms with Crippen molar-refractivity contribution in [3.05, 3.63) is 52.7 Å². The Morgan fingerprint density at radius 2 is 1.91 bits per heavy atom. The van der Waals surface area contributed by atoms with E-state index in [0.717, 1.165) is 4.88 Å². The molecule has 0 spiro atoms. The maximum absolute atomic E-state index is 12.5. The molecule has 1 aromatic heterocycles. The summed E-state index contributed by atoms with van der Waals surface area (Å²) in [6.45, 7) is 0. The van der Waals surface area contributed by atoms with Crippen molar-refractivity contribution in [2.75, 3.05) is 12.4 Å². The fourth-order valence-corrected chi connectivity index (χ4v) is 2.56. The minimum atomic E-state index is -1.90. The molecule has 0 amide bonds. The Morgan fingerprint density at radius 1 is 1.23 bits per heavy atom. The number of anilines is 1. The van der Waals surface area contributed by atoms with E-state index in [-0.39, 0.29) is 18.8 Å². The van der Waals surface area contributed by atoms with E-state index in [1.54, 1.807) is 24.3 Å². The number of para-hydroxylation sites is 1. The van der Waals surface area contributed by atoms with E-state index in [9.17, 15) is 9.59 Å². The first-order valence-corrected chi connectivity index (χ1v) is 7.20. The number of hydrogen-bond donors (Lipinski definition) is 2. The fourth-order valence-electron chi connectivity index (χ4n) is 1.86. The predicted octanol–water partition coefficient (Wildman–Crippen LogP) is 2.22. The number of Topliss-reactive ketones (excluding diaryl/α,β-unsaturated/α-hetero) is 1. The van der Waals surface area contributed by atoms with Crippen molar-refractivity contribution < 1.29 is 14.3 Å². The monoisotopic (exact) mass is 340 g/mol. The molecule has 0 radical (unpaired) electrons. The summed E-state index contributed by atoms with van der Waals surface area (Å²) in [5.41, 5.74) is 4.68. The van der Waals surface area contributed by atoms with Crippen molar-refractivity contribution in [1.82, 2.24) is 0 Å². The zero-order chi connectivity index (χ0) is 15.3. The number of halogens is 1. The number of esters is 1. The van der Waals surface area contributed by atoms with Crippen molar-refractivity contribution in [3.8, 4) is 0 Å². The van der Waals surface area contributed by atoms with Gasteiger partial charge in [-0.05, 0) is 23.6 Å². The predicted molar refractivity (Wildman–Crippen MR) is 89.3 cm³/mol. The van der Waals surface area contributed by atoms with Crippen LogP contribution >= 0.6 is 23.7 Å². The molecular weight excluding hydrogens is 324 g/mol. The molecular formula is C15H17ClN2O3S. The molecule has 2 rings (SSSR count). The molecule has 0 bridgehead atoms. The first kappa shape index (κ1) is 18.2. The number of carbonyl (C=O) groups excluding carboxylic acids is 2. The van der Waals surface area contributed by atoms with Crippen molar-refractivity contribution >= 4 is 41.2 Å². The second-order valence-corrected chi connectivity index (χ2v) is 5.50. The van der Waals surface area contributed by atoms with Crippen LogP contribution < -0.4 is 11.1 Å². The number of ketones is 1. The van der Waals surface area contributed by atoms with Crippen LogP contribution in [0.3, 0.4) is 0 Å². The third-order valence-electron chi connectivity index (χ3n) is 2.98. The average Bonchev–Trinajstić information content (AvgIpc) is 3.00. The Hall–Kier alpha value is -1.89. The standard InChI is InChI=1S/C15H16N2O3S.ClH/c1-20-14(19)15(16,17-11-6-3-2-4-7-11)13(18)10-12-8-5-9-21-12;/h2-9,17H,10,16H2,1H3;1H/t15-;/m0./s1. The van der Waals surface area contributed by atoms with Gasteiger partial charge in [0.15, 0.2) is 5.78 Å². The number of nitrogens with one attached hydrogen (secondary N) is 1. The van der Waals surface area contributed by atoms with E-state index in [2.05, 4.69) is 10.1 Å². The largest absolute Gasteiger partial charge is 0.466 e. The van der Waals surface area contributed by atoms with E-state index < -0.39 is 17.4 Å². The summed E-state index contributed by atoms with van der Waals surface area (Å²) in [7, 11) is 1.20. The van der Waals surface area contributed by atoms with E-state index in [1.165, 1.54) is 18.4 Å². The van der Waals surface area contributed by atoms with E-state index in [1.807, 2.05) is 23.6 Å². The quantitative estimate of drug-likeness (QED) is 0.479. The van der Waals surface area contributed by atoms with Gasteiger partial charge in [0, 0.05) is 17.0 Å². The van der Waals surface area contributed by atoms with Crippen LogP contribution in [0.2, 0.25) is 0 Å². The van der Waals surface area contributed by atoms with Gasteiger partial charge in [0.25, 0.3) is 0 Å².